The fourth-order valence-electron chi connectivity index (χ4n) is 4.17. The summed E-state index contributed by atoms with van der Waals surface area (Å²) in [5.74, 6) is 0.910. The number of hydrogen-bond acceptors (Lipinski definition) is 4. The van der Waals surface area contributed by atoms with Crippen molar-refractivity contribution in [1.29, 1.82) is 0 Å². The monoisotopic (exact) mass is 367 g/mol. The number of furan rings is 1. The zero-order valence-corrected chi connectivity index (χ0v) is 15.8. The van der Waals surface area contributed by atoms with Crippen LogP contribution in [0.5, 0.6) is 0 Å². The number of piperidine rings is 1. The van der Waals surface area contributed by atoms with Gasteiger partial charge in [-0.15, -0.1) is 0 Å². The number of fused-ring (bicyclic) bond motifs is 2. The van der Waals surface area contributed by atoms with Gasteiger partial charge in [0.25, 0.3) is 5.91 Å². The Morgan fingerprint density at radius 1 is 1.04 bits per heavy atom. The van der Waals surface area contributed by atoms with E-state index in [1.165, 1.54) is 13.3 Å². The summed E-state index contributed by atoms with van der Waals surface area (Å²) in [6.07, 6.45) is 3.56. The molecule has 2 amide bonds. The highest BCUT2D eigenvalue weighted by Crippen LogP contribution is 2.29. The van der Waals surface area contributed by atoms with Gasteiger partial charge in [-0.2, -0.15) is 0 Å². The zero-order valence-electron chi connectivity index (χ0n) is 15.8. The molecule has 2 bridgehead atoms. The Morgan fingerprint density at radius 2 is 1.70 bits per heavy atom. The fraction of sp³-hybridized carbons (Fsp3) is 0.429. The second-order valence-corrected chi connectivity index (χ2v) is 7.54. The van der Waals surface area contributed by atoms with Crippen molar-refractivity contribution in [1.82, 2.24) is 9.80 Å². The minimum Gasteiger partial charge on any atom is -0.451 e. The van der Waals surface area contributed by atoms with Crippen molar-refractivity contribution in [3.05, 3.63) is 42.2 Å². The van der Waals surface area contributed by atoms with Crippen LogP contribution >= 0.6 is 0 Å². The quantitative estimate of drug-likeness (QED) is 0.905. The van der Waals surface area contributed by atoms with Crippen LogP contribution in [0.4, 0.5) is 5.69 Å². The Morgan fingerprint density at radius 3 is 2.33 bits per heavy atom. The number of amides is 2. The molecule has 3 heterocycles. The number of benzene rings is 1. The van der Waals surface area contributed by atoms with E-state index in [2.05, 4.69) is 17.3 Å². The first-order valence-corrected chi connectivity index (χ1v) is 9.50. The molecule has 1 N–H and O–H groups in total. The minimum absolute atomic E-state index is 0.0267. The molecule has 2 aliphatic heterocycles. The highest BCUT2D eigenvalue weighted by Gasteiger charge is 2.37. The number of hydrogen-bond donors (Lipinski definition) is 1. The van der Waals surface area contributed by atoms with E-state index in [9.17, 15) is 9.59 Å². The predicted molar refractivity (Wildman–Crippen MR) is 104 cm³/mol. The van der Waals surface area contributed by atoms with Crippen LogP contribution in [0.1, 0.15) is 36.7 Å². The van der Waals surface area contributed by atoms with Gasteiger partial charge in [0.2, 0.25) is 5.91 Å². The van der Waals surface area contributed by atoms with Crippen molar-refractivity contribution in [3.8, 4) is 11.3 Å². The number of nitrogens with one attached hydrogen (secondary N) is 1. The molecule has 4 rings (SSSR count). The second kappa shape index (κ2) is 7.19. The van der Waals surface area contributed by atoms with E-state index in [0.717, 1.165) is 37.2 Å². The first-order chi connectivity index (χ1) is 13.0. The van der Waals surface area contributed by atoms with Crippen LogP contribution in [0, 0.1) is 0 Å². The molecule has 6 nitrogen and oxygen atoms in total. The van der Waals surface area contributed by atoms with Crippen molar-refractivity contribution in [2.24, 2.45) is 0 Å². The molecule has 2 aliphatic rings. The summed E-state index contributed by atoms with van der Waals surface area (Å²) < 4.78 is 5.86. The number of likely N-dealkylation sites (tertiary alicyclic amines) is 1. The third-order valence-corrected chi connectivity index (χ3v) is 5.68. The Balaban J connectivity index is 1.47. The van der Waals surface area contributed by atoms with Crippen LogP contribution in [0.3, 0.4) is 0 Å². The Labute approximate surface area is 159 Å². The molecule has 0 radical (unpaired) electrons. The van der Waals surface area contributed by atoms with E-state index in [0.29, 0.717) is 23.6 Å². The molecule has 27 heavy (non-hydrogen) atoms. The van der Waals surface area contributed by atoms with Crippen LogP contribution in [0.25, 0.3) is 11.3 Å². The van der Waals surface area contributed by atoms with Gasteiger partial charge in [-0.3, -0.25) is 14.5 Å². The predicted octanol–water partition coefficient (Wildman–Crippen LogP) is 3.21. The lowest BCUT2D eigenvalue weighted by atomic mass is 9.92. The molecule has 1 aromatic carbocycles. The van der Waals surface area contributed by atoms with Gasteiger partial charge in [-0.25, -0.2) is 0 Å². The average molecular weight is 367 g/mol. The summed E-state index contributed by atoms with van der Waals surface area (Å²) in [5, 5.41) is 2.74. The van der Waals surface area contributed by atoms with Gasteiger partial charge in [0.05, 0.1) is 0 Å². The van der Waals surface area contributed by atoms with Crippen molar-refractivity contribution in [3.63, 3.8) is 0 Å². The van der Waals surface area contributed by atoms with Gasteiger partial charge in [0.15, 0.2) is 5.76 Å². The van der Waals surface area contributed by atoms with E-state index < -0.39 is 0 Å². The lowest BCUT2D eigenvalue weighted by molar-refractivity contribution is -0.114. The summed E-state index contributed by atoms with van der Waals surface area (Å²) in [4.78, 5) is 28.4. The molecule has 2 fully saturated rings. The number of carbonyl (C=O) groups is 2. The number of nitrogens with zero attached hydrogens (tertiary/aromatic N) is 2. The van der Waals surface area contributed by atoms with Gasteiger partial charge < -0.3 is 14.6 Å². The highest BCUT2D eigenvalue weighted by atomic mass is 16.4. The third-order valence-electron chi connectivity index (χ3n) is 5.68. The Kier molecular flexibility index (Phi) is 4.74. The SMILES string of the molecule is CC(=O)Nc1ccc(-c2ccc(C(=O)N3CC4CCCC(C3)N4C)o2)cc1. The van der Waals surface area contributed by atoms with Gasteiger partial charge >= 0.3 is 0 Å². The largest absolute Gasteiger partial charge is 0.451 e. The second-order valence-electron chi connectivity index (χ2n) is 7.54. The molecular formula is C21H25N3O3. The molecule has 0 saturated carbocycles. The first kappa shape index (κ1) is 17.8. The van der Waals surface area contributed by atoms with E-state index in [1.54, 1.807) is 6.07 Å². The average Bonchev–Trinajstić information content (AvgIpc) is 3.11. The Bertz CT molecular complexity index is 829. The molecule has 2 saturated heterocycles. The van der Waals surface area contributed by atoms with E-state index in [1.807, 2.05) is 35.2 Å². The standard InChI is InChI=1S/C21H25N3O3/c1-14(25)22-16-8-6-15(7-9-16)19-10-11-20(27-19)21(26)24-12-17-4-3-5-18(13-24)23(17)2/h6-11,17-18H,3-5,12-13H2,1-2H3,(H,22,25). The number of anilines is 1. The van der Waals surface area contributed by atoms with Gasteiger partial charge in [-0.1, -0.05) is 6.42 Å². The van der Waals surface area contributed by atoms with Gasteiger partial charge in [0, 0.05) is 43.3 Å². The molecule has 2 aromatic rings. The molecule has 2 unspecified atom stereocenters. The summed E-state index contributed by atoms with van der Waals surface area (Å²) in [5.41, 5.74) is 1.61. The van der Waals surface area contributed by atoms with E-state index in [4.69, 9.17) is 4.42 Å². The zero-order chi connectivity index (χ0) is 19.0. The van der Waals surface area contributed by atoms with Crippen LogP contribution in [-0.2, 0) is 4.79 Å². The van der Waals surface area contributed by atoms with Crippen molar-refractivity contribution in [2.45, 2.75) is 38.3 Å². The van der Waals surface area contributed by atoms with E-state index in [-0.39, 0.29) is 11.8 Å². The first-order valence-electron chi connectivity index (χ1n) is 9.50. The maximum atomic E-state index is 12.9. The number of likely N-dealkylation sites (N-methyl/N-ethyl adjacent to an activating group) is 1. The van der Waals surface area contributed by atoms with Gasteiger partial charge in [0.1, 0.15) is 5.76 Å². The molecule has 0 aliphatic carbocycles. The molecule has 1 aromatic heterocycles. The van der Waals surface area contributed by atoms with Crippen LogP contribution in [-0.4, -0.2) is 53.8 Å². The molecular weight excluding hydrogens is 342 g/mol. The Hall–Kier alpha value is -2.60. The smallest absolute Gasteiger partial charge is 0.289 e. The third kappa shape index (κ3) is 3.62. The summed E-state index contributed by atoms with van der Waals surface area (Å²) >= 11 is 0. The minimum atomic E-state index is -0.106. The normalized spacial score (nSPS) is 22.5. The van der Waals surface area contributed by atoms with Crippen LogP contribution in [0.2, 0.25) is 0 Å². The van der Waals surface area contributed by atoms with Crippen LogP contribution in [0.15, 0.2) is 40.8 Å². The fourth-order valence-corrected chi connectivity index (χ4v) is 4.17. The summed E-state index contributed by atoms with van der Waals surface area (Å²) in [7, 11) is 2.17. The van der Waals surface area contributed by atoms with Crippen molar-refractivity contribution >= 4 is 17.5 Å². The molecule has 0 spiro atoms. The summed E-state index contributed by atoms with van der Waals surface area (Å²) in [6.45, 7) is 3.02. The maximum absolute atomic E-state index is 12.9. The number of rotatable bonds is 3. The molecule has 142 valence electrons. The summed E-state index contributed by atoms with van der Waals surface area (Å²) in [6, 6.07) is 11.9. The number of carbonyl (C=O) groups excluding carboxylic acids is 2. The maximum Gasteiger partial charge on any atom is 0.289 e. The number of piperazine rings is 1. The van der Waals surface area contributed by atoms with Crippen molar-refractivity contribution < 1.29 is 14.0 Å². The van der Waals surface area contributed by atoms with E-state index >= 15 is 0 Å². The molecule has 2 atom stereocenters. The lowest BCUT2D eigenvalue weighted by Gasteiger charge is -2.48. The highest BCUT2D eigenvalue weighted by molar-refractivity contribution is 5.92. The van der Waals surface area contributed by atoms with Crippen LogP contribution < -0.4 is 5.32 Å². The lowest BCUT2D eigenvalue weighted by Crippen LogP contribution is -2.60. The van der Waals surface area contributed by atoms with Gasteiger partial charge in [-0.05, 0) is 56.3 Å². The topological polar surface area (TPSA) is 65.8 Å². The van der Waals surface area contributed by atoms with Crippen molar-refractivity contribution in [2.75, 3.05) is 25.5 Å². The molecule has 6 heteroatoms.